The number of para-hydroxylation sites is 1. The van der Waals surface area contributed by atoms with Crippen LogP contribution in [0.2, 0.25) is 0 Å². The van der Waals surface area contributed by atoms with Gasteiger partial charge in [0.1, 0.15) is 11.0 Å². The molecule has 0 fully saturated rings. The second-order valence-electron chi connectivity index (χ2n) is 2.37. The van der Waals surface area contributed by atoms with Gasteiger partial charge in [0.05, 0.1) is 0 Å². The second kappa shape index (κ2) is 3.15. The summed E-state index contributed by atoms with van der Waals surface area (Å²) in [5.41, 5.74) is 2.04. The van der Waals surface area contributed by atoms with Crippen LogP contribution in [-0.2, 0) is 0 Å². The molecule has 0 unspecified atom stereocenters. The first-order chi connectivity index (χ1) is 5.92. The number of rotatable bonds is 2. The highest BCUT2D eigenvalue weighted by molar-refractivity contribution is 7.97. The molecule has 1 aromatic carbocycles. The molecule has 0 saturated heterocycles. The van der Waals surface area contributed by atoms with Crippen LogP contribution in [0.5, 0.6) is 0 Å². The molecule has 0 aliphatic rings. The normalized spacial score (nSPS) is 10.8. The van der Waals surface area contributed by atoms with Gasteiger partial charge >= 0.3 is 0 Å². The van der Waals surface area contributed by atoms with Gasteiger partial charge in [0.15, 0.2) is 0 Å². The summed E-state index contributed by atoms with van der Waals surface area (Å²) in [7, 11) is 0. The van der Waals surface area contributed by atoms with Crippen LogP contribution in [0.15, 0.2) is 24.3 Å². The standard InChI is InChI=1S/C8H9N3S/c1-2-12-11-8-6-4-3-5-7(8)9-10-11/h3-6H,2H2,1H3. The first-order valence-corrected chi connectivity index (χ1v) is 4.80. The third kappa shape index (κ3) is 1.18. The monoisotopic (exact) mass is 179 g/mol. The summed E-state index contributed by atoms with van der Waals surface area (Å²) in [6.45, 7) is 2.10. The minimum absolute atomic E-state index is 0.957. The Labute approximate surface area is 74.9 Å². The van der Waals surface area contributed by atoms with E-state index in [1.165, 1.54) is 0 Å². The maximum Gasteiger partial charge on any atom is 0.114 e. The summed E-state index contributed by atoms with van der Waals surface area (Å²) in [5, 5.41) is 8.04. The SMILES string of the molecule is CCSn1nnc2ccccc21. The van der Waals surface area contributed by atoms with Crippen LogP contribution in [0.1, 0.15) is 6.92 Å². The van der Waals surface area contributed by atoms with Gasteiger partial charge in [-0.15, -0.1) is 5.10 Å². The maximum atomic E-state index is 4.03. The predicted octanol–water partition coefficient (Wildman–Crippen LogP) is 1.95. The van der Waals surface area contributed by atoms with Gasteiger partial charge in [-0.25, -0.2) is 0 Å². The molecule has 4 heteroatoms. The van der Waals surface area contributed by atoms with Gasteiger partial charge in [-0.2, -0.15) is 4.09 Å². The van der Waals surface area contributed by atoms with Crippen LogP contribution in [0.4, 0.5) is 0 Å². The van der Waals surface area contributed by atoms with Crippen molar-refractivity contribution in [3.8, 4) is 0 Å². The van der Waals surface area contributed by atoms with Crippen LogP contribution in [0, 0.1) is 0 Å². The molecule has 0 saturated carbocycles. The van der Waals surface area contributed by atoms with E-state index >= 15 is 0 Å². The van der Waals surface area contributed by atoms with E-state index in [2.05, 4.69) is 17.2 Å². The minimum atomic E-state index is 0.957. The Morgan fingerprint density at radius 1 is 1.42 bits per heavy atom. The van der Waals surface area contributed by atoms with Crippen LogP contribution in [0.3, 0.4) is 0 Å². The van der Waals surface area contributed by atoms with Crippen molar-refractivity contribution in [2.75, 3.05) is 5.75 Å². The molecular weight excluding hydrogens is 170 g/mol. The van der Waals surface area contributed by atoms with Crippen LogP contribution >= 0.6 is 11.9 Å². The average molecular weight is 179 g/mol. The second-order valence-corrected chi connectivity index (χ2v) is 3.55. The van der Waals surface area contributed by atoms with E-state index in [0.717, 1.165) is 16.8 Å². The van der Waals surface area contributed by atoms with Crippen molar-refractivity contribution >= 4 is 23.0 Å². The van der Waals surface area contributed by atoms with Gasteiger partial charge in [0.25, 0.3) is 0 Å². The van der Waals surface area contributed by atoms with Crippen LogP contribution < -0.4 is 0 Å². The van der Waals surface area contributed by atoms with Gasteiger partial charge in [0.2, 0.25) is 0 Å². The third-order valence-corrected chi connectivity index (χ3v) is 2.35. The van der Waals surface area contributed by atoms with E-state index < -0.39 is 0 Å². The quantitative estimate of drug-likeness (QED) is 0.706. The molecule has 12 heavy (non-hydrogen) atoms. The van der Waals surface area contributed by atoms with Gasteiger partial charge in [0, 0.05) is 5.75 Å². The lowest BCUT2D eigenvalue weighted by Crippen LogP contribution is -1.89. The Kier molecular flexibility index (Phi) is 1.99. The van der Waals surface area contributed by atoms with E-state index in [1.54, 1.807) is 11.9 Å². The summed E-state index contributed by atoms with van der Waals surface area (Å²) in [5.74, 6) is 1.01. The number of fused-ring (bicyclic) bond motifs is 1. The summed E-state index contributed by atoms with van der Waals surface area (Å²) in [6.07, 6.45) is 0. The number of nitrogens with zero attached hydrogens (tertiary/aromatic N) is 3. The smallest absolute Gasteiger partial charge is 0.114 e. The van der Waals surface area contributed by atoms with E-state index in [1.807, 2.05) is 28.4 Å². The zero-order valence-electron chi connectivity index (χ0n) is 6.77. The molecule has 0 N–H and O–H groups in total. The number of hydrogen-bond donors (Lipinski definition) is 0. The summed E-state index contributed by atoms with van der Waals surface area (Å²) in [4.78, 5) is 0. The van der Waals surface area contributed by atoms with Crippen LogP contribution in [0.25, 0.3) is 11.0 Å². The first kappa shape index (κ1) is 7.61. The molecule has 1 heterocycles. The lowest BCUT2D eigenvalue weighted by molar-refractivity contribution is 0.910. The van der Waals surface area contributed by atoms with Crippen molar-refractivity contribution in [1.82, 2.24) is 14.4 Å². The van der Waals surface area contributed by atoms with Crippen molar-refractivity contribution < 1.29 is 0 Å². The molecule has 62 valence electrons. The maximum absolute atomic E-state index is 4.03. The summed E-state index contributed by atoms with van der Waals surface area (Å²) in [6, 6.07) is 7.96. The fourth-order valence-corrected chi connectivity index (χ4v) is 1.69. The highest BCUT2D eigenvalue weighted by Crippen LogP contribution is 2.14. The van der Waals surface area contributed by atoms with Crippen molar-refractivity contribution in [2.24, 2.45) is 0 Å². The number of hydrogen-bond acceptors (Lipinski definition) is 3. The molecule has 0 spiro atoms. The Morgan fingerprint density at radius 3 is 3.08 bits per heavy atom. The van der Waals surface area contributed by atoms with Crippen molar-refractivity contribution in [3.63, 3.8) is 0 Å². The zero-order valence-corrected chi connectivity index (χ0v) is 7.58. The molecule has 2 rings (SSSR count). The molecule has 0 aliphatic heterocycles. The molecule has 1 aromatic heterocycles. The number of benzene rings is 1. The fraction of sp³-hybridized carbons (Fsp3) is 0.250. The Bertz CT molecular complexity index is 382. The average Bonchev–Trinajstić information content (AvgIpc) is 2.50. The predicted molar refractivity (Wildman–Crippen MR) is 51.1 cm³/mol. The van der Waals surface area contributed by atoms with Gasteiger partial charge in [-0.3, -0.25) is 0 Å². The largest absolute Gasteiger partial charge is 0.186 e. The molecule has 0 bridgehead atoms. The van der Waals surface area contributed by atoms with Crippen molar-refractivity contribution in [3.05, 3.63) is 24.3 Å². The van der Waals surface area contributed by atoms with Gasteiger partial charge < -0.3 is 0 Å². The highest BCUT2D eigenvalue weighted by atomic mass is 32.2. The molecule has 3 nitrogen and oxygen atoms in total. The Morgan fingerprint density at radius 2 is 2.25 bits per heavy atom. The highest BCUT2D eigenvalue weighted by Gasteiger charge is 2.01. The van der Waals surface area contributed by atoms with Crippen molar-refractivity contribution in [2.45, 2.75) is 6.92 Å². The van der Waals surface area contributed by atoms with E-state index in [0.29, 0.717) is 0 Å². The van der Waals surface area contributed by atoms with E-state index in [9.17, 15) is 0 Å². The lowest BCUT2D eigenvalue weighted by Gasteiger charge is -1.95. The van der Waals surface area contributed by atoms with E-state index in [-0.39, 0.29) is 0 Å². The Balaban J connectivity index is 2.55. The van der Waals surface area contributed by atoms with Gasteiger partial charge in [-0.1, -0.05) is 24.3 Å². The molecule has 2 aromatic rings. The van der Waals surface area contributed by atoms with Crippen molar-refractivity contribution in [1.29, 1.82) is 0 Å². The fourth-order valence-electron chi connectivity index (χ4n) is 1.07. The Hall–Kier alpha value is -1.03. The van der Waals surface area contributed by atoms with Crippen LogP contribution in [-0.4, -0.2) is 20.2 Å². The minimum Gasteiger partial charge on any atom is -0.186 e. The number of aromatic nitrogens is 3. The lowest BCUT2D eigenvalue weighted by atomic mass is 10.3. The van der Waals surface area contributed by atoms with Gasteiger partial charge in [-0.05, 0) is 24.1 Å². The topological polar surface area (TPSA) is 30.7 Å². The van der Waals surface area contributed by atoms with E-state index in [4.69, 9.17) is 0 Å². The molecule has 0 atom stereocenters. The molecule has 0 radical (unpaired) electrons. The third-order valence-electron chi connectivity index (χ3n) is 1.57. The molecule has 0 amide bonds. The zero-order chi connectivity index (χ0) is 8.39. The summed E-state index contributed by atoms with van der Waals surface area (Å²) >= 11 is 1.65. The summed E-state index contributed by atoms with van der Waals surface area (Å²) < 4.78 is 1.86. The molecular formula is C8H9N3S. The molecule has 0 aliphatic carbocycles. The first-order valence-electron chi connectivity index (χ1n) is 3.85.